The highest BCUT2D eigenvalue weighted by Gasteiger charge is 2.50. The SMILES string of the molecule is CC1(C)c2ccccc2N(c2ccc3c(c2)Oc2cccc4c2B3c2ccccc2O4)c2cc3c(cc21)c1ccccc1n3-c1ccccc1.c1ccc(-n2c3ccccc3c3c2ccc2c4ccccc4n(-c4cc5c6c(c4)Oc4cccc7c4B6c4c(cccc4O5)O7)c23)cc1.c1ccc(-n2c3ccccc3c3ccc4c5ccccc5n(-c5cc6c7c(c5)Oc5cccc8c5B7c5c(cccc5O6)O8)c4c32)cc1. The molecule has 35 rings (SSSR count). The van der Waals surface area contributed by atoms with Crippen LogP contribution in [0.1, 0.15) is 25.0 Å². The molecule has 680 valence electrons. The zero-order valence-corrected chi connectivity index (χ0v) is 78.7. The highest BCUT2D eigenvalue weighted by atomic mass is 16.5. The number of aromatic nitrogens is 5. The summed E-state index contributed by atoms with van der Waals surface area (Å²) >= 11 is 0. The van der Waals surface area contributed by atoms with Gasteiger partial charge in [0.15, 0.2) is 0 Å². The summed E-state index contributed by atoms with van der Waals surface area (Å²) in [5, 5.41) is 12.2. The van der Waals surface area contributed by atoms with Crippen molar-refractivity contribution in [2.45, 2.75) is 19.3 Å². The molecule has 26 aromatic rings. The average Bonchev–Trinajstić information content (AvgIpc) is 1.25. The van der Waals surface area contributed by atoms with Gasteiger partial charge in [-0.15, -0.1) is 0 Å². The minimum atomic E-state index is -0.224. The molecule has 0 saturated heterocycles. The van der Waals surface area contributed by atoms with Crippen molar-refractivity contribution in [3.63, 3.8) is 0 Å². The molecule has 0 N–H and O–H groups in total. The summed E-state index contributed by atoms with van der Waals surface area (Å²) in [5.41, 5.74) is 32.6. The van der Waals surface area contributed by atoms with Gasteiger partial charge in [-0.05, 0) is 186 Å². The number of hydrogen-bond acceptors (Lipinski definition) is 9. The van der Waals surface area contributed by atoms with Gasteiger partial charge in [0.2, 0.25) is 0 Å². The number of anilines is 3. The summed E-state index contributed by atoms with van der Waals surface area (Å²) in [6.45, 7) is 4.70. The maximum absolute atomic E-state index is 6.76. The fraction of sp³-hybridized carbons (Fsp3) is 0.0233. The molecule has 0 bridgehead atoms. The van der Waals surface area contributed by atoms with Gasteiger partial charge in [-0.2, -0.15) is 0 Å². The Morgan fingerprint density at radius 2 is 0.500 bits per heavy atom. The monoisotopic (exact) mass is 1870 g/mol. The lowest BCUT2D eigenvalue weighted by molar-refractivity contribution is 0.442. The van der Waals surface area contributed by atoms with Gasteiger partial charge in [-0.3, -0.25) is 0 Å². The summed E-state index contributed by atoms with van der Waals surface area (Å²) < 4.78 is 64.9. The van der Waals surface area contributed by atoms with Crippen LogP contribution in [0.2, 0.25) is 0 Å². The van der Waals surface area contributed by atoms with Gasteiger partial charge in [0.05, 0.1) is 77.9 Å². The number of benzene rings is 21. The summed E-state index contributed by atoms with van der Waals surface area (Å²) in [6.07, 6.45) is 0. The van der Waals surface area contributed by atoms with E-state index in [-0.39, 0.29) is 25.6 Å². The maximum atomic E-state index is 6.76. The first-order valence-corrected chi connectivity index (χ1v) is 49.9. The largest absolute Gasteiger partial charge is 0.458 e. The summed E-state index contributed by atoms with van der Waals surface area (Å²) in [5.74, 6) is 13.4. The predicted octanol–water partition coefficient (Wildman–Crippen LogP) is 27.0. The Bertz CT molecular complexity index is 10200. The van der Waals surface area contributed by atoms with E-state index in [1.807, 2.05) is 91.0 Å². The van der Waals surface area contributed by atoms with Crippen molar-refractivity contribution in [1.29, 1.82) is 0 Å². The third kappa shape index (κ3) is 11.0. The second kappa shape index (κ2) is 29.6. The molecule has 0 aliphatic carbocycles. The molecule has 0 amide bonds. The first kappa shape index (κ1) is 79.8. The van der Waals surface area contributed by atoms with Crippen molar-refractivity contribution in [3.8, 4) is 120 Å². The lowest BCUT2D eigenvalue weighted by atomic mass is 9.34. The van der Waals surface area contributed by atoms with E-state index in [2.05, 4.69) is 381 Å². The van der Waals surface area contributed by atoms with Crippen LogP contribution in [0.3, 0.4) is 0 Å². The third-order valence-electron chi connectivity index (χ3n) is 31.9. The lowest BCUT2D eigenvalue weighted by Gasteiger charge is -2.42. The molecule has 0 saturated carbocycles. The molecule has 0 atom stereocenters. The van der Waals surface area contributed by atoms with Gasteiger partial charge in [-0.25, -0.2) is 0 Å². The van der Waals surface area contributed by atoms with Crippen molar-refractivity contribution in [2.75, 3.05) is 4.90 Å². The fourth-order valence-corrected chi connectivity index (χ4v) is 25.9. The Labute approximate surface area is 836 Å². The minimum absolute atomic E-state index is 0.0218. The van der Waals surface area contributed by atoms with Crippen LogP contribution >= 0.6 is 0 Å². The topological polar surface area (TPSA) is 102 Å². The van der Waals surface area contributed by atoms with Crippen molar-refractivity contribution in [2.24, 2.45) is 0 Å². The maximum Gasteiger partial charge on any atom is 0.270 e. The van der Waals surface area contributed by atoms with E-state index in [1.54, 1.807) is 0 Å². The highest BCUT2D eigenvalue weighted by Crippen LogP contribution is 2.57. The normalized spacial score (nSPS) is 13.8. The Morgan fingerprint density at radius 1 is 0.178 bits per heavy atom. The first-order valence-electron chi connectivity index (χ1n) is 49.9. The Morgan fingerprint density at radius 3 is 0.986 bits per heavy atom. The molecular weight excluding hydrogens is 1790 g/mol. The van der Waals surface area contributed by atoms with E-state index in [0.29, 0.717) is 0 Å². The third-order valence-corrected chi connectivity index (χ3v) is 31.9. The van der Waals surface area contributed by atoms with E-state index in [4.69, 9.17) is 37.9 Å². The van der Waals surface area contributed by atoms with E-state index < -0.39 is 0 Å². The molecular formula is C129H77B3N6O8. The number of ether oxygens (including phenoxy) is 8. The lowest BCUT2D eigenvalue weighted by Crippen LogP contribution is -2.59. The number of hydrogen-bond donors (Lipinski definition) is 0. The van der Waals surface area contributed by atoms with Gasteiger partial charge >= 0.3 is 0 Å². The van der Waals surface area contributed by atoms with Crippen LogP contribution in [0.15, 0.2) is 431 Å². The summed E-state index contributed by atoms with van der Waals surface area (Å²) in [6, 6.07) is 153. The van der Waals surface area contributed by atoms with Crippen LogP contribution in [0.5, 0.6) is 92.0 Å². The molecule has 9 aliphatic heterocycles. The highest BCUT2D eigenvalue weighted by molar-refractivity contribution is 7.01. The molecule has 14 heterocycles. The molecule has 0 spiro atoms. The van der Waals surface area contributed by atoms with Crippen molar-refractivity contribution in [3.05, 3.63) is 442 Å². The number of para-hydroxylation sites is 10. The molecule has 17 heteroatoms. The van der Waals surface area contributed by atoms with Crippen LogP contribution in [0.25, 0.3) is 137 Å². The van der Waals surface area contributed by atoms with Crippen LogP contribution in [-0.2, 0) is 5.41 Å². The average molecular weight is 1870 g/mol. The molecule has 0 fully saturated rings. The van der Waals surface area contributed by atoms with Gasteiger partial charge in [0, 0.05) is 151 Å². The van der Waals surface area contributed by atoms with Crippen LogP contribution in [0.4, 0.5) is 17.1 Å². The second-order valence-corrected chi connectivity index (χ2v) is 39.8. The zero-order valence-electron chi connectivity index (χ0n) is 78.7. The quantitative estimate of drug-likeness (QED) is 0.151. The smallest absolute Gasteiger partial charge is 0.270 e. The van der Waals surface area contributed by atoms with Gasteiger partial charge in [-0.1, -0.05) is 250 Å². The Hall–Kier alpha value is -19.0. The summed E-state index contributed by atoms with van der Waals surface area (Å²) in [7, 11) is 0. The number of nitrogens with zero attached hydrogens (tertiary/aromatic N) is 6. The number of rotatable bonds is 6. The van der Waals surface area contributed by atoms with Crippen molar-refractivity contribution >= 4 is 195 Å². The van der Waals surface area contributed by atoms with Crippen LogP contribution in [0, 0.1) is 0 Å². The predicted molar refractivity (Wildman–Crippen MR) is 591 cm³/mol. The van der Waals surface area contributed by atoms with Gasteiger partial charge < -0.3 is 65.6 Å². The molecule has 14 nitrogen and oxygen atoms in total. The van der Waals surface area contributed by atoms with E-state index in [9.17, 15) is 0 Å². The second-order valence-electron chi connectivity index (χ2n) is 39.8. The summed E-state index contributed by atoms with van der Waals surface area (Å²) in [4.78, 5) is 2.44. The standard InChI is InChI=1S/C45H31BN2O2.2C42H23BN2O3/c1-45(2)32-16-7-10-19-37(32)48(39-27-38-31(26-33(39)45)30-15-6-9-18-36(30)47(38)28-13-4-3-5-14-28)29-23-24-35-43(25-29)50-42-22-12-21-41-44(42)46(35)34-17-8-11-20-40(34)49-41;1-2-10-24(11-3-1)44-30-15-7-5-13-28(30)38-31(44)21-20-27-26-12-4-6-14-29(26)45(42(27)38)25-22-36-41-37(23-25)48-35-19-9-17-33-40(35)43(41)39-32(46-33)16-8-18-34(39)47-36;1-2-10-24(11-3-1)44-30-14-6-4-12-26(30)28-20-21-29-27-13-5-7-15-31(27)45(42(29)41(28)44)25-22-36-40-37(23-25)48-35-19-9-17-33-39(35)43(40)38-32(46-33)16-8-18-34(38)47-36/h3-27H,1-2H3;2*1-23H. The molecule has 0 radical (unpaired) electrons. The first-order chi connectivity index (χ1) is 72.2. The van der Waals surface area contributed by atoms with Gasteiger partial charge in [0.25, 0.3) is 20.1 Å². The minimum Gasteiger partial charge on any atom is -0.458 e. The van der Waals surface area contributed by atoms with E-state index in [0.717, 1.165) is 203 Å². The molecule has 5 aromatic heterocycles. The molecule has 9 aliphatic rings. The molecule has 0 unspecified atom stereocenters. The zero-order chi connectivity index (χ0) is 95.3. The fourth-order valence-electron chi connectivity index (χ4n) is 25.9. The number of fused-ring (bicyclic) bond motifs is 23. The van der Waals surface area contributed by atoms with Crippen molar-refractivity contribution < 1.29 is 37.9 Å². The van der Waals surface area contributed by atoms with Crippen LogP contribution < -0.4 is 92.0 Å². The molecule has 21 aromatic carbocycles. The van der Waals surface area contributed by atoms with Crippen molar-refractivity contribution in [1.82, 2.24) is 22.8 Å². The van der Waals surface area contributed by atoms with Crippen LogP contribution in [-0.4, -0.2) is 43.0 Å². The van der Waals surface area contributed by atoms with E-state index in [1.165, 1.54) is 104 Å². The molecule has 146 heavy (non-hydrogen) atoms. The Balaban J connectivity index is 0.0000000958. The van der Waals surface area contributed by atoms with E-state index >= 15 is 0 Å². The Kier molecular flexibility index (Phi) is 16.2. The van der Waals surface area contributed by atoms with Gasteiger partial charge in [0.1, 0.15) is 92.0 Å².